The van der Waals surface area contributed by atoms with Gasteiger partial charge in [-0.2, -0.15) is 5.10 Å². The Balaban J connectivity index is 1.64. The second-order valence-electron chi connectivity index (χ2n) is 8.85. The van der Waals surface area contributed by atoms with Crippen LogP contribution in [0.15, 0.2) is 60.8 Å². The van der Waals surface area contributed by atoms with Crippen molar-refractivity contribution >= 4 is 28.2 Å². The van der Waals surface area contributed by atoms with Gasteiger partial charge in [0, 0.05) is 23.7 Å². The first kappa shape index (κ1) is 22.1. The van der Waals surface area contributed by atoms with Crippen LogP contribution in [0.25, 0.3) is 22.2 Å². The Morgan fingerprint density at radius 3 is 3.00 bits per heavy atom. The Morgan fingerprint density at radius 2 is 2.14 bits per heavy atom. The molecular formula is C27H24FN5O3. The van der Waals surface area contributed by atoms with Crippen molar-refractivity contribution in [3.05, 3.63) is 72.3 Å². The highest BCUT2D eigenvalue weighted by atomic mass is 19.1. The number of hydrogen-bond acceptors (Lipinski definition) is 6. The third-order valence-corrected chi connectivity index (χ3v) is 6.51. The van der Waals surface area contributed by atoms with Crippen molar-refractivity contribution in [2.75, 3.05) is 19.0 Å². The summed E-state index contributed by atoms with van der Waals surface area (Å²) in [5, 5.41) is 12.0. The Bertz CT molecular complexity index is 1530. The highest BCUT2D eigenvalue weighted by Gasteiger charge is 2.33. The molecule has 0 unspecified atom stereocenters. The Hall–Kier alpha value is -4.40. The van der Waals surface area contributed by atoms with E-state index in [0.29, 0.717) is 41.5 Å². The molecule has 0 fully saturated rings. The van der Waals surface area contributed by atoms with Crippen LogP contribution in [0.3, 0.4) is 0 Å². The molecule has 4 bridgehead atoms. The van der Waals surface area contributed by atoms with Crippen molar-refractivity contribution in [3.8, 4) is 22.8 Å². The van der Waals surface area contributed by atoms with E-state index in [4.69, 9.17) is 14.6 Å². The van der Waals surface area contributed by atoms with Gasteiger partial charge in [-0.1, -0.05) is 12.1 Å². The van der Waals surface area contributed by atoms with Gasteiger partial charge in [0.2, 0.25) is 0 Å². The second kappa shape index (κ2) is 8.67. The summed E-state index contributed by atoms with van der Waals surface area (Å²) in [5.74, 6) is -0.00655. The van der Waals surface area contributed by atoms with Crippen LogP contribution < -0.4 is 20.1 Å². The van der Waals surface area contributed by atoms with Crippen LogP contribution in [0.2, 0.25) is 0 Å². The molecule has 4 heterocycles. The number of halogens is 1. The summed E-state index contributed by atoms with van der Waals surface area (Å²) in [7, 11) is 1.41. The number of benzene rings is 2. The Kier molecular flexibility index (Phi) is 5.32. The van der Waals surface area contributed by atoms with Crippen molar-refractivity contribution in [2.24, 2.45) is 0 Å². The first-order valence-electron chi connectivity index (χ1n) is 11.8. The number of amides is 1. The minimum atomic E-state index is -0.509. The number of methoxy groups -OCH3 is 1. The molecule has 8 nitrogen and oxygen atoms in total. The number of fused-ring (bicyclic) bond motifs is 3. The van der Waals surface area contributed by atoms with E-state index in [-0.39, 0.29) is 23.8 Å². The fraction of sp³-hybridized carbons (Fsp3) is 0.222. The van der Waals surface area contributed by atoms with Crippen molar-refractivity contribution in [1.82, 2.24) is 20.1 Å². The number of carbonyl (C=O) groups excluding carboxylic acids is 1. The van der Waals surface area contributed by atoms with Crippen molar-refractivity contribution in [3.63, 3.8) is 0 Å². The molecule has 182 valence electrons. The van der Waals surface area contributed by atoms with Crippen LogP contribution in [0.1, 0.15) is 29.9 Å². The minimum absolute atomic E-state index is 0.0535. The van der Waals surface area contributed by atoms with Crippen LogP contribution in [-0.2, 0) is 0 Å². The van der Waals surface area contributed by atoms with E-state index in [2.05, 4.69) is 15.6 Å². The maximum atomic E-state index is 14.5. The summed E-state index contributed by atoms with van der Waals surface area (Å²) in [5.41, 5.74) is 3.33. The molecule has 6 rings (SSSR count). The van der Waals surface area contributed by atoms with Gasteiger partial charge in [0.1, 0.15) is 17.5 Å². The third kappa shape index (κ3) is 3.64. The highest BCUT2D eigenvalue weighted by Crippen LogP contribution is 2.41. The predicted octanol–water partition coefficient (Wildman–Crippen LogP) is 5.00. The zero-order valence-corrected chi connectivity index (χ0v) is 19.8. The Labute approximate surface area is 206 Å². The van der Waals surface area contributed by atoms with Gasteiger partial charge in [-0.15, -0.1) is 0 Å². The molecule has 2 aromatic carbocycles. The van der Waals surface area contributed by atoms with Gasteiger partial charge >= 0.3 is 0 Å². The summed E-state index contributed by atoms with van der Waals surface area (Å²) < 4.78 is 27.7. The monoisotopic (exact) mass is 485 g/mol. The van der Waals surface area contributed by atoms with E-state index in [1.54, 1.807) is 23.0 Å². The maximum Gasteiger partial charge on any atom is 0.271 e. The SMILES string of the molecule is COc1c(F)cccc1Nc1c2nn3c1C(=O)NC[C@H]3C/C=C\[C@H](C)Oc1ccc3nccc-2c3c1. The van der Waals surface area contributed by atoms with E-state index in [0.717, 1.165) is 16.5 Å². The number of allylic oxidation sites excluding steroid dienone is 1. The predicted molar refractivity (Wildman–Crippen MR) is 134 cm³/mol. The average Bonchev–Trinajstić information content (AvgIpc) is 3.25. The van der Waals surface area contributed by atoms with Gasteiger partial charge in [-0.3, -0.25) is 14.5 Å². The number of para-hydroxylation sites is 1. The molecule has 2 aliphatic rings. The van der Waals surface area contributed by atoms with Crippen LogP contribution in [0.4, 0.5) is 15.8 Å². The Morgan fingerprint density at radius 1 is 1.25 bits per heavy atom. The lowest BCUT2D eigenvalue weighted by molar-refractivity contribution is 0.0910. The van der Waals surface area contributed by atoms with Crippen LogP contribution in [-0.4, -0.2) is 40.4 Å². The lowest BCUT2D eigenvalue weighted by Gasteiger charge is -2.25. The molecule has 0 radical (unpaired) electrons. The fourth-order valence-electron chi connectivity index (χ4n) is 4.82. The fourth-order valence-corrected chi connectivity index (χ4v) is 4.82. The van der Waals surface area contributed by atoms with Gasteiger partial charge in [0.05, 0.1) is 30.0 Å². The molecular weight excluding hydrogens is 461 g/mol. The van der Waals surface area contributed by atoms with E-state index < -0.39 is 5.82 Å². The lowest BCUT2D eigenvalue weighted by atomic mass is 10.0. The van der Waals surface area contributed by atoms with E-state index in [1.807, 2.05) is 43.3 Å². The van der Waals surface area contributed by atoms with Gasteiger partial charge in [-0.05, 0) is 55.8 Å². The number of anilines is 2. The van der Waals surface area contributed by atoms with Crippen LogP contribution >= 0.6 is 0 Å². The van der Waals surface area contributed by atoms with Crippen molar-refractivity contribution in [1.29, 1.82) is 0 Å². The molecule has 0 saturated carbocycles. The zero-order valence-electron chi connectivity index (χ0n) is 19.8. The number of nitrogens with zero attached hydrogens (tertiary/aromatic N) is 3. The largest absolute Gasteiger partial charge is 0.492 e. The number of hydrogen-bond donors (Lipinski definition) is 2. The number of carbonyl (C=O) groups is 1. The molecule has 9 heteroatoms. The van der Waals surface area contributed by atoms with Gasteiger partial charge in [0.15, 0.2) is 17.3 Å². The third-order valence-electron chi connectivity index (χ3n) is 6.51. The quantitative estimate of drug-likeness (QED) is 0.397. The second-order valence-corrected chi connectivity index (χ2v) is 8.85. The van der Waals surface area contributed by atoms with Crippen molar-refractivity contribution < 1.29 is 18.7 Å². The van der Waals surface area contributed by atoms with E-state index >= 15 is 0 Å². The van der Waals surface area contributed by atoms with Crippen LogP contribution in [0, 0.1) is 5.82 Å². The zero-order chi connectivity index (χ0) is 24.8. The molecule has 1 amide bonds. The van der Waals surface area contributed by atoms with Gasteiger partial charge < -0.3 is 20.1 Å². The number of rotatable bonds is 3. The minimum Gasteiger partial charge on any atom is -0.492 e. The molecule has 2 N–H and O–H groups in total. The van der Waals surface area contributed by atoms with Gasteiger partial charge in [0.25, 0.3) is 5.91 Å². The standard InChI is InChI=1S/C27H24FN5O3/c1-15-5-3-6-16-14-30-27(34)25-24(31-22-8-4-7-20(28)26(22)35-2)23(32-33(16)25)18-11-12-29-21-10-9-17(36-15)13-19(18)21/h3-5,7-13,15-16,31H,6,14H2,1-2H3,(H,30,34)/b5-3-/t15-,16+/m0/s1. The molecule has 0 spiro atoms. The highest BCUT2D eigenvalue weighted by molar-refractivity contribution is 6.06. The van der Waals surface area contributed by atoms with Crippen LogP contribution in [0.5, 0.6) is 11.5 Å². The maximum absolute atomic E-state index is 14.5. The molecule has 36 heavy (non-hydrogen) atoms. The van der Waals surface area contributed by atoms with E-state index in [9.17, 15) is 9.18 Å². The lowest BCUT2D eigenvalue weighted by Crippen LogP contribution is -2.39. The molecule has 2 aliphatic heterocycles. The summed E-state index contributed by atoms with van der Waals surface area (Å²) in [6.07, 6.45) is 6.28. The number of pyridine rings is 1. The number of aromatic nitrogens is 3. The summed E-state index contributed by atoms with van der Waals surface area (Å²) in [4.78, 5) is 17.7. The first-order valence-corrected chi connectivity index (χ1v) is 11.8. The normalized spacial score (nSPS) is 19.5. The smallest absolute Gasteiger partial charge is 0.271 e. The summed E-state index contributed by atoms with van der Waals surface area (Å²) in [6, 6.07) is 12.1. The molecule has 2 aromatic heterocycles. The number of ether oxygens (including phenoxy) is 2. The summed E-state index contributed by atoms with van der Waals surface area (Å²) in [6.45, 7) is 2.42. The molecule has 0 saturated heterocycles. The summed E-state index contributed by atoms with van der Waals surface area (Å²) >= 11 is 0. The molecule has 4 aromatic rings. The number of nitrogens with one attached hydrogen (secondary N) is 2. The topological polar surface area (TPSA) is 90.3 Å². The average molecular weight is 486 g/mol. The molecule has 2 atom stereocenters. The first-order chi connectivity index (χ1) is 17.5. The van der Waals surface area contributed by atoms with E-state index in [1.165, 1.54) is 13.2 Å². The van der Waals surface area contributed by atoms with Crippen molar-refractivity contribution in [2.45, 2.75) is 25.5 Å². The molecule has 0 aliphatic carbocycles. The van der Waals surface area contributed by atoms with Gasteiger partial charge in [-0.25, -0.2) is 4.39 Å².